The summed E-state index contributed by atoms with van der Waals surface area (Å²) in [5, 5.41) is 18.7. The normalized spacial score (nSPS) is 10.8. The van der Waals surface area contributed by atoms with Gasteiger partial charge in [-0.25, -0.2) is 19.6 Å². The minimum atomic E-state index is -0.979. The van der Waals surface area contributed by atoms with Gasteiger partial charge >= 0.3 is 11.9 Å². The first-order valence-electron chi connectivity index (χ1n) is 13.3. The lowest BCUT2D eigenvalue weighted by Crippen LogP contribution is -1.97. The highest BCUT2D eigenvalue weighted by Gasteiger charge is 2.14. The van der Waals surface area contributed by atoms with E-state index in [1.807, 2.05) is 84.9 Å². The van der Waals surface area contributed by atoms with Crippen molar-refractivity contribution in [2.24, 2.45) is 0 Å². The summed E-state index contributed by atoms with van der Waals surface area (Å²) in [7, 11) is 0. The smallest absolute Gasteiger partial charge is 0.335 e. The summed E-state index contributed by atoms with van der Waals surface area (Å²) < 4.78 is 0. The molecule has 42 heavy (non-hydrogen) atoms. The van der Waals surface area contributed by atoms with E-state index in [4.69, 9.17) is 9.97 Å². The van der Waals surface area contributed by atoms with E-state index in [0.717, 1.165) is 44.8 Å². The van der Waals surface area contributed by atoms with E-state index in [0.29, 0.717) is 11.4 Å². The second-order valence-electron chi connectivity index (χ2n) is 9.75. The van der Waals surface area contributed by atoms with Crippen LogP contribution in [0.4, 0.5) is 0 Å². The highest BCUT2D eigenvalue weighted by atomic mass is 16.4. The summed E-state index contributed by atoms with van der Waals surface area (Å²) in [6, 6.07) is 41.1. The third-order valence-electron chi connectivity index (χ3n) is 6.98. The predicted octanol–water partition coefficient (Wildman–Crippen LogP) is 8.21. The third kappa shape index (κ3) is 5.55. The van der Waals surface area contributed by atoms with Gasteiger partial charge < -0.3 is 10.2 Å². The number of hydrogen-bond acceptors (Lipinski definition) is 4. The molecule has 0 unspecified atom stereocenters. The van der Waals surface area contributed by atoms with Gasteiger partial charge in [0.2, 0.25) is 0 Å². The van der Waals surface area contributed by atoms with Gasteiger partial charge in [-0.15, -0.1) is 0 Å². The van der Waals surface area contributed by atoms with Gasteiger partial charge in [-0.05, 0) is 70.8 Å². The number of carboxylic acid groups (broad SMARTS) is 2. The van der Waals surface area contributed by atoms with E-state index >= 15 is 0 Å². The van der Waals surface area contributed by atoms with Gasteiger partial charge in [0.25, 0.3) is 0 Å². The van der Waals surface area contributed by atoms with Gasteiger partial charge in [0, 0.05) is 11.1 Å². The fraction of sp³-hybridized carbons (Fsp3) is 0. The minimum Gasteiger partial charge on any atom is -0.478 e. The monoisotopic (exact) mass is 548 g/mol. The molecule has 0 atom stereocenters. The van der Waals surface area contributed by atoms with Gasteiger partial charge in [0.1, 0.15) is 0 Å². The molecule has 0 saturated heterocycles. The summed E-state index contributed by atoms with van der Waals surface area (Å²) in [4.78, 5) is 32.9. The number of aromatic carboxylic acids is 2. The summed E-state index contributed by atoms with van der Waals surface area (Å²) in [5.74, 6) is -1.96. The van der Waals surface area contributed by atoms with E-state index in [2.05, 4.69) is 0 Å². The molecule has 0 aliphatic carbocycles. The van der Waals surface area contributed by atoms with E-state index in [9.17, 15) is 19.8 Å². The van der Waals surface area contributed by atoms with Crippen molar-refractivity contribution in [3.63, 3.8) is 0 Å². The van der Waals surface area contributed by atoms with Crippen LogP contribution < -0.4 is 0 Å². The number of hydrogen-bond donors (Lipinski definition) is 2. The first-order valence-corrected chi connectivity index (χ1v) is 13.3. The van der Waals surface area contributed by atoms with Crippen molar-refractivity contribution < 1.29 is 19.8 Å². The Hall–Kier alpha value is -5.88. The van der Waals surface area contributed by atoms with Gasteiger partial charge in [-0.2, -0.15) is 0 Å². The van der Waals surface area contributed by atoms with Crippen LogP contribution in [0.1, 0.15) is 20.7 Å². The Kier molecular flexibility index (Phi) is 7.10. The molecule has 6 rings (SSSR count). The van der Waals surface area contributed by atoms with Crippen molar-refractivity contribution in [1.29, 1.82) is 0 Å². The van der Waals surface area contributed by atoms with E-state index in [1.165, 1.54) is 0 Å². The molecule has 2 N–H and O–H groups in total. The minimum absolute atomic E-state index is 0.215. The molecule has 6 aromatic rings. The number of nitrogens with zero attached hydrogens (tertiary/aromatic N) is 2. The van der Waals surface area contributed by atoms with Crippen LogP contribution in [0.5, 0.6) is 0 Å². The van der Waals surface area contributed by atoms with Gasteiger partial charge in [0.05, 0.1) is 33.9 Å². The lowest BCUT2D eigenvalue weighted by atomic mass is 9.98. The van der Waals surface area contributed by atoms with Crippen LogP contribution in [-0.4, -0.2) is 32.1 Å². The van der Waals surface area contributed by atoms with Crippen LogP contribution in [0.15, 0.2) is 133 Å². The number of rotatable bonds is 7. The molecule has 2 heterocycles. The average molecular weight is 549 g/mol. The first-order chi connectivity index (χ1) is 20.4. The number of aromatic nitrogens is 2. The maximum atomic E-state index is 11.4. The first kappa shape index (κ1) is 26.3. The van der Waals surface area contributed by atoms with Crippen molar-refractivity contribution >= 4 is 11.9 Å². The highest BCUT2D eigenvalue weighted by Crippen LogP contribution is 2.34. The molecule has 2 aromatic heterocycles. The Balaban J connectivity index is 1.55. The van der Waals surface area contributed by atoms with Crippen molar-refractivity contribution in [2.45, 2.75) is 0 Å². The third-order valence-corrected chi connectivity index (χ3v) is 6.98. The molecule has 0 saturated carbocycles. The summed E-state index contributed by atoms with van der Waals surface area (Å²) in [6.45, 7) is 0. The zero-order valence-electron chi connectivity index (χ0n) is 22.3. The molecule has 6 nitrogen and oxygen atoms in total. The number of carboxylic acids is 2. The van der Waals surface area contributed by atoms with Gasteiger partial charge in [-0.3, -0.25) is 0 Å². The molecule has 0 spiro atoms. The van der Waals surface area contributed by atoms with Crippen molar-refractivity contribution in [1.82, 2.24) is 9.97 Å². The van der Waals surface area contributed by atoms with E-state index < -0.39 is 11.9 Å². The Bertz CT molecular complexity index is 1760. The zero-order chi connectivity index (χ0) is 29.1. The van der Waals surface area contributed by atoms with E-state index in [1.54, 1.807) is 48.5 Å². The predicted molar refractivity (Wildman–Crippen MR) is 163 cm³/mol. The number of pyridine rings is 2. The Labute approximate surface area is 242 Å². The van der Waals surface area contributed by atoms with Crippen molar-refractivity contribution in [2.75, 3.05) is 0 Å². The van der Waals surface area contributed by atoms with Crippen LogP contribution in [-0.2, 0) is 0 Å². The van der Waals surface area contributed by atoms with Crippen LogP contribution in [0, 0.1) is 0 Å². The molecule has 0 radical (unpaired) electrons. The van der Waals surface area contributed by atoms with Crippen molar-refractivity contribution in [3.8, 4) is 56.2 Å². The fourth-order valence-corrected chi connectivity index (χ4v) is 4.78. The Morgan fingerprint density at radius 1 is 0.381 bits per heavy atom. The van der Waals surface area contributed by atoms with Gasteiger partial charge in [-0.1, -0.05) is 84.9 Å². The van der Waals surface area contributed by atoms with Crippen LogP contribution in [0.25, 0.3) is 56.2 Å². The fourth-order valence-electron chi connectivity index (χ4n) is 4.78. The molecular weight excluding hydrogens is 524 g/mol. The zero-order valence-corrected chi connectivity index (χ0v) is 22.3. The topological polar surface area (TPSA) is 100 Å². The maximum Gasteiger partial charge on any atom is 0.335 e. The molecule has 0 fully saturated rings. The highest BCUT2D eigenvalue weighted by molar-refractivity contribution is 5.89. The second-order valence-corrected chi connectivity index (χ2v) is 9.75. The lowest BCUT2D eigenvalue weighted by Gasteiger charge is -2.13. The molecule has 202 valence electrons. The summed E-state index contributed by atoms with van der Waals surface area (Å²) in [5.41, 5.74) is 8.55. The molecule has 0 amide bonds. The molecule has 0 bridgehead atoms. The summed E-state index contributed by atoms with van der Waals surface area (Å²) >= 11 is 0. The average Bonchev–Trinajstić information content (AvgIpc) is 3.05. The van der Waals surface area contributed by atoms with Crippen LogP contribution in [0.2, 0.25) is 0 Å². The lowest BCUT2D eigenvalue weighted by molar-refractivity contribution is 0.0686. The number of carbonyl (C=O) groups is 2. The Morgan fingerprint density at radius 2 is 0.714 bits per heavy atom. The van der Waals surface area contributed by atoms with Crippen LogP contribution >= 0.6 is 0 Å². The second kappa shape index (κ2) is 11.3. The molecule has 0 aliphatic heterocycles. The quantitative estimate of drug-likeness (QED) is 0.209. The maximum absolute atomic E-state index is 11.4. The largest absolute Gasteiger partial charge is 0.478 e. The van der Waals surface area contributed by atoms with Crippen molar-refractivity contribution in [3.05, 3.63) is 145 Å². The molecular formula is C36H24N2O4. The van der Waals surface area contributed by atoms with Gasteiger partial charge in [0.15, 0.2) is 0 Å². The number of benzene rings is 4. The summed E-state index contributed by atoms with van der Waals surface area (Å²) in [6.07, 6.45) is 0. The standard InChI is InChI=1S/C36H24N2O4/c39-35(40)27-15-11-23(12-16-27)29-19-31(25-7-3-1-4-8-25)37-33(21-29)34-22-30(24-13-17-28(18-14-24)36(41)42)20-32(38-34)26-9-5-2-6-10-26/h1-22H,(H,39,40)(H,41,42). The molecule has 6 heteroatoms. The Morgan fingerprint density at radius 3 is 1.05 bits per heavy atom. The molecule has 4 aromatic carbocycles. The SMILES string of the molecule is O=C(O)c1ccc(-c2cc(-c3ccccc3)nc(-c3cc(-c4ccc(C(=O)O)cc4)cc(-c4ccccc4)n3)c2)cc1. The van der Waals surface area contributed by atoms with Crippen LogP contribution in [0.3, 0.4) is 0 Å². The van der Waals surface area contributed by atoms with E-state index in [-0.39, 0.29) is 11.1 Å². The molecule has 0 aliphatic rings.